The van der Waals surface area contributed by atoms with Gasteiger partial charge in [-0.05, 0) is 24.0 Å². The Hall–Kier alpha value is -1.13. The number of carbonyl (C=O) groups is 1. The lowest BCUT2D eigenvalue weighted by molar-refractivity contribution is 0.0916. The van der Waals surface area contributed by atoms with Gasteiger partial charge in [0.15, 0.2) is 0 Å². The second kappa shape index (κ2) is 6.71. The van der Waals surface area contributed by atoms with Crippen molar-refractivity contribution in [3.05, 3.63) is 29.0 Å². The molecule has 18 heavy (non-hydrogen) atoms. The first-order valence-electron chi connectivity index (χ1n) is 5.83. The van der Waals surface area contributed by atoms with E-state index in [1.165, 1.54) is 6.20 Å². The average molecular weight is 271 g/mol. The summed E-state index contributed by atoms with van der Waals surface area (Å²) in [6.45, 7) is 5.41. The van der Waals surface area contributed by atoms with E-state index < -0.39 is 0 Å². The van der Waals surface area contributed by atoms with Gasteiger partial charge in [0.25, 0.3) is 5.91 Å². The smallest absolute Gasteiger partial charge is 0.269 e. The molecule has 0 aromatic carbocycles. The number of ether oxygens (including phenoxy) is 1. The number of nitrogens with one attached hydrogen (secondary N) is 1. The number of pyridine rings is 1. The maximum absolute atomic E-state index is 11.9. The van der Waals surface area contributed by atoms with Gasteiger partial charge in [-0.3, -0.25) is 9.78 Å². The topological polar surface area (TPSA) is 51.2 Å². The molecule has 1 amide bonds. The van der Waals surface area contributed by atoms with Gasteiger partial charge in [-0.25, -0.2) is 0 Å². The molecule has 5 heteroatoms. The highest BCUT2D eigenvalue weighted by molar-refractivity contribution is 6.30. The molecule has 0 aliphatic carbocycles. The van der Waals surface area contributed by atoms with Gasteiger partial charge in [0.1, 0.15) is 5.69 Å². The summed E-state index contributed by atoms with van der Waals surface area (Å²) in [5, 5.41) is 3.37. The number of rotatable bonds is 6. The van der Waals surface area contributed by atoms with Gasteiger partial charge in [-0.15, -0.1) is 0 Å². The Labute approximate surface area is 113 Å². The quantitative estimate of drug-likeness (QED) is 0.864. The van der Waals surface area contributed by atoms with Crippen LogP contribution in [0.25, 0.3) is 0 Å². The number of methoxy groups -OCH3 is 1. The van der Waals surface area contributed by atoms with Gasteiger partial charge in [0.05, 0.1) is 0 Å². The number of hydrogen-bond acceptors (Lipinski definition) is 3. The van der Waals surface area contributed by atoms with Crippen LogP contribution >= 0.6 is 11.6 Å². The number of halogens is 1. The Morgan fingerprint density at radius 2 is 2.28 bits per heavy atom. The number of hydrogen-bond donors (Lipinski definition) is 1. The van der Waals surface area contributed by atoms with Crippen molar-refractivity contribution in [3.63, 3.8) is 0 Å². The Kier molecular flexibility index (Phi) is 5.56. The minimum absolute atomic E-state index is 0.00968. The molecule has 0 spiro atoms. The van der Waals surface area contributed by atoms with Gasteiger partial charge >= 0.3 is 0 Å². The zero-order valence-electron chi connectivity index (χ0n) is 11.0. The molecule has 0 aliphatic heterocycles. The minimum Gasteiger partial charge on any atom is -0.385 e. The largest absolute Gasteiger partial charge is 0.385 e. The molecule has 100 valence electrons. The van der Waals surface area contributed by atoms with Gasteiger partial charge in [0, 0.05) is 31.5 Å². The Bertz CT molecular complexity index is 408. The van der Waals surface area contributed by atoms with Crippen LogP contribution in [-0.4, -0.2) is 31.2 Å². The van der Waals surface area contributed by atoms with Crippen molar-refractivity contribution in [2.24, 2.45) is 5.41 Å². The van der Waals surface area contributed by atoms with E-state index in [0.717, 1.165) is 6.42 Å². The third-order valence-corrected chi connectivity index (χ3v) is 2.90. The molecule has 1 aromatic heterocycles. The minimum atomic E-state index is -0.206. The van der Waals surface area contributed by atoms with Gasteiger partial charge in [-0.1, -0.05) is 25.4 Å². The molecule has 0 saturated heterocycles. The van der Waals surface area contributed by atoms with Crippen molar-refractivity contribution in [2.75, 3.05) is 20.3 Å². The van der Waals surface area contributed by atoms with E-state index in [0.29, 0.717) is 23.9 Å². The molecule has 0 radical (unpaired) electrons. The molecule has 0 bridgehead atoms. The summed E-state index contributed by atoms with van der Waals surface area (Å²) in [4.78, 5) is 15.8. The van der Waals surface area contributed by atoms with E-state index in [1.807, 2.05) is 0 Å². The molecule has 1 aromatic rings. The summed E-state index contributed by atoms with van der Waals surface area (Å²) >= 11 is 5.81. The van der Waals surface area contributed by atoms with Crippen molar-refractivity contribution in [1.82, 2.24) is 10.3 Å². The summed E-state index contributed by atoms with van der Waals surface area (Å²) < 4.78 is 5.04. The molecular formula is C13H19ClN2O2. The molecule has 0 aliphatic rings. The summed E-state index contributed by atoms with van der Waals surface area (Å²) in [6, 6.07) is 3.19. The lowest BCUT2D eigenvalue weighted by Gasteiger charge is -2.24. The monoisotopic (exact) mass is 270 g/mol. The van der Waals surface area contributed by atoms with Crippen LogP contribution in [0.2, 0.25) is 5.02 Å². The number of aromatic nitrogens is 1. The average Bonchev–Trinajstić information content (AvgIpc) is 2.34. The fourth-order valence-electron chi connectivity index (χ4n) is 1.41. The summed E-state index contributed by atoms with van der Waals surface area (Å²) in [6.07, 6.45) is 2.40. The van der Waals surface area contributed by atoms with Gasteiger partial charge in [0.2, 0.25) is 0 Å². The summed E-state index contributed by atoms with van der Waals surface area (Å²) in [7, 11) is 1.67. The zero-order valence-corrected chi connectivity index (χ0v) is 11.8. The predicted octanol–water partition coefficient (Wildman–Crippen LogP) is 2.53. The maximum Gasteiger partial charge on any atom is 0.269 e. The van der Waals surface area contributed by atoms with E-state index in [2.05, 4.69) is 24.1 Å². The third-order valence-electron chi connectivity index (χ3n) is 2.67. The number of nitrogens with zero attached hydrogens (tertiary/aromatic N) is 1. The first-order valence-corrected chi connectivity index (χ1v) is 6.21. The molecule has 1 heterocycles. The fourth-order valence-corrected chi connectivity index (χ4v) is 1.57. The van der Waals surface area contributed by atoms with Gasteiger partial charge < -0.3 is 10.1 Å². The third kappa shape index (κ3) is 5.02. The molecule has 0 atom stereocenters. The van der Waals surface area contributed by atoms with Crippen LogP contribution in [0.3, 0.4) is 0 Å². The van der Waals surface area contributed by atoms with E-state index >= 15 is 0 Å². The SMILES string of the molecule is COCCC(C)(C)CNC(=O)c1cc(Cl)ccn1. The molecule has 1 rings (SSSR count). The molecule has 1 N–H and O–H groups in total. The van der Waals surface area contributed by atoms with E-state index in [1.54, 1.807) is 19.2 Å². The van der Waals surface area contributed by atoms with Crippen molar-refractivity contribution < 1.29 is 9.53 Å². The number of amides is 1. The first kappa shape index (κ1) is 14.9. The lowest BCUT2D eigenvalue weighted by atomic mass is 9.89. The van der Waals surface area contributed by atoms with Crippen molar-refractivity contribution in [3.8, 4) is 0 Å². The summed E-state index contributed by atoms with van der Waals surface area (Å²) in [5.41, 5.74) is 0.328. The molecule has 0 unspecified atom stereocenters. The molecule has 0 saturated carbocycles. The highest BCUT2D eigenvalue weighted by atomic mass is 35.5. The van der Waals surface area contributed by atoms with Crippen molar-refractivity contribution in [2.45, 2.75) is 20.3 Å². The van der Waals surface area contributed by atoms with Crippen LogP contribution in [0, 0.1) is 5.41 Å². The van der Waals surface area contributed by atoms with Crippen LogP contribution in [0.15, 0.2) is 18.3 Å². The molecule has 0 fully saturated rings. The zero-order chi connectivity index (χ0) is 13.6. The normalized spacial score (nSPS) is 11.3. The van der Waals surface area contributed by atoms with Crippen LogP contribution in [0.1, 0.15) is 30.8 Å². The lowest BCUT2D eigenvalue weighted by Crippen LogP contribution is -2.35. The second-order valence-electron chi connectivity index (χ2n) is 4.95. The second-order valence-corrected chi connectivity index (χ2v) is 5.39. The molecular weight excluding hydrogens is 252 g/mol. The standard InChI is InChI=1S/C13H19ClN2O2/c1-13(2,5-7-18-3)9-16-12(17)11-8-10(14)4-6-15-11/h4,6,8H,5,7,9H2,1-3H3,(H,16,17). The van der Waals surface area contributed by atoms with E-state index in [9.17, 15) is 4.79 Å². The van der Waals surface area contributed by atoms with E-state index in [4.69, 9.17) is 16.3 Å². The first-order chi connectivity index (χ1) is 8.44. The summed E-state index contributed by atoms with van der Waals surface area (Å²) in [5.74, 6) is -0.206. The highest BCUT2D eigenvalue weighted by Gasteiger charge is 2.19. The fraction of sp³-hybridized carbons (Fsp3) is 0.538. The predicted molar refractivity (Wildman–Crippen MR) is 71.9 cm³/mol. The maximum atomic E-state index is 11.9. The van der Waals surface area contributed by atoms with E-state index in [-0.39, 0.29) is 11.3 Å². The molecule has 4 nitrogen and oxygen atoms in total. The van der Waals surface area contributed by atoms with Crippen molar-refractivity contribution >= 4 is 17.5 Å². The van der Waals surface area contributed by atoms with Crippen LogP contribution in [-0.2, 0) is 4.74 Å². The van der Waals surface area contributed by atoms with Crippen LogP contribution < -0.4 is 5.32 Å². The number of carbonyl (C=O) groups excluding carboxylic acids is 1. The Balaban J connectivity index is 2.50. The Morgan fingerprint density at radius 3 is 2.89 bits per heavy atom. The van der Waals surface area contributed by atoms with Gasteiger partial charge in [-0.2, -0.15) is 0 Å². The van der Waals surface area contributed by atoms with Crippen LogP contribution in [0.5, 0.6) is 0 Å². The van der Waals surface area contributed by atoms with Crippen molar-refractivity contribution in [1.29, 1.82) is 0 Å². The highest BCUT2D eigenvalue weighted by Crippen LogP contribution is 2.19. The van der Waals surface area contributed by atoms with Crippen LogP contribution in [0.4, 0.5) is 0 Å². The Morgan fingerprint density at radius 1 is 1.56 bits per heavy atom.